The van der Waals surface area contributed by atoms with Crippen LogP contribution < -0.4 is 9.47 Å². The highest BCUT2D eigenvalue weighted by Gasteiger charge is 2.24. The van der Waals surface area contributed by atoms with E-state index >= 15 is 0 Å². The van der Waals surface area contributed by atoms with Crippen molar-refractivity contribution >= 4 is 10.0 Å². The molecule has 0 bridgehead atoms. The van der Waals surface area contributed by atoms with Gasteiger partial charge in [0.05, 0.1) is 32.8 Å². The highest BCUT2D eigenvalue weighted by atomic mass is 32.2. The minimum absolute atomic E-state index is 0.0815. The van der Waals surface area contributed by atoms with Crippen LogP contribution in [0.1, 0.15) is 16.9 Å². The predicted octanol–water partition coefficient (Wildman–Crippen LogP) is 3.83. The highest BCUT2D eigenvalue weighted by Crippen LogP contribution is 2.29. The van der Waals surface area contributed by atoms with Gasteiger partial charge in [-0.3, -0.25) is 0 Å². The van der Waals surface area contributed by atoms with Crippen LogP contribution in [0.2, 0.25) is 0 Å². The number of rotatable bonds is 9. The largest absolute Gasteiger partial charge is 0.493 e. The average molecular weight is 401 g/mol. The van der Waals surface area contributed by atoms with Crippen molar-refractivity contribution < 1.29 is 22.3 Å². The van der Waals surface area contributed by atoms with Gasteiger partial charge in [0, 0.05) is 6.54 Å². The summed E-state index contributed by atoms with van der Waals surface area (Å²) in [5, 5.41) is 0. The van der Waals surface area contributed by atoms with Crippen LogP contribution in [-0.2, 0) is 28.9 Å². The Morgan fingerprint density at radius 2 is 1.61 bits per heavy atom. The number of hydrogen-bond donors (Lipinski definition) is 0. The molecule has 3 rings (SSSR count). The van der Waals surface area contributed by atoms with Gasteiger partial charge in [0.1, 0.15) is 5.76 Å². The molecule has 7 heteroatoms. The second kappa shape index (κ2) is 8.95. The van der Waals surface area contributed by atoms with Crippen molar-refractivity contribution in [1.82, 2.24) is 4.31 Å². The number of furan rings is 1. The summed E-state index contributed by atoms with van der Waals surface area (Å²) in [6.45, 7) is 0.340. The Kier molecular flexibility index (Phi) is 6.38. The van der Waals surface area contributed by atoms with E-state index in [0.717, 1.165) is 11.1 Å². The smallest absolute Gasteiger partial charge is 0.219 e. The summed E-state index contributed by atoms with van der Waals surface area (Å²) in [7, 11) is -0.473. The lowest BCUT2D eigenvalue weighted by atomic mass is 10.2. The quantitative estimate of drug-likeness (QED) is 0.545. The summed E-state index contributed by atoms with van der Waals surface area (Å²) in [6, 6.07) is 18.0. The first-order valence-electron chi connectivity index (χ1n) is 8.77. The molecule has 1 heterocycles. The van der Waals surface area contributed by atoms with Gasteiger partial charge in [-0.25, -0.2) is 8.42 Å². The lowest BCUT2D eigenvalue weighted by Crippen LogP contribution is -2.31. The second-order valence-corrected chi connectivity index (χ2v) is 8.25. The molecule has 0 aliphatic carbocycles. The van der Waals surface area contributed by atoms with Gasteiger partial charge in [-0.2, -0.15) is 4.31 Å². The molecule has 0 saturated heterocycles. The van der Waals surface area contributed by atoms with Crippen molar-refractivity contribution in [2.24, 2.45) is 0 Å². The number of benzene rings is 2. The Bertz CT molecular complexity index is 985. The van der Waals surface area contributed by atoms with E-state index in [2.05, 4.69) is 0 Å². The molecule has 1 aromatic heterocycles. The zero-order valence-electron chi connectivity index (χ0n) is 15.9. The summed E-state index contributed by atoms with van der Waals surface area (Å²) in [6.07, 6.45) is 1.54. The fourth-order valence-corrected chi connectivity index (χ4v) is 4.35. The van der Waals surface area contributed by atoms with Crippen LogP contribution in [0.25, 0.3) is 0 Å². The van der Waals surface area contributed by atoms with Crippen molar-refractivity contribution in [3.8, 4) is 11.5 Å². The Balaban J connectivity index is 1.88. The summed E-state index contributed by atoms with van der Waals surface area (Å²) in [5.41, 5.74) is 1.53. The molecular formula is C21H23NO5S. The molecule has 148 valence electrons. The molecule has 0 amide bonds. The van der Waals surface area contributed by atoms with Crippen LogP contribution in [0.3, 0.4) is 0 Å². The topological polar surface area (TPSA) is 69.0 Å². The number of hydrogen-bond acceptors (Lipinski definition) is 5. The summed E-state index contributed by atoms with van der Waals surface area (Å²) < 4.78 is 43.7. The third kappa shape index (κ3) is 4.94. The first-order chi connectivity index (χ1) is 13.5. The van der Waals surface area contributed by atoms with E-state index in [1.165, 1.54) is 10.6 Å². The van der Waals surface area contributed by atoms with E-state index in [4.69, 9.17) is 13.9 Å². The van der Waals surface area contributed by atoms with E-state index in [1.54, 1.807) is 50.6 Å². The Morgan fingerprint density at radius 1 is 0.857 bits per heavy atom. The van der Waals surface area contributed by atoms with E-state index in [1.807, 2.05) is 24.3 Å². The SMILES string of the molecule is COc1ccc(CN(Cc2ccco2)S(=O)(=O)Cc2ccccc2)cc1OC. The number of nitrogens with zero attached hydrogens (tertiary/aromatic N) is 1. The lowest BCUT2D eigenvalue weighted by Gasteiger charge is -2.22. The molecule has 0 unspecified atom stereocenters. The molecular weight excluding hydrogens is 378 g/mol. The summed E-state index contributed by atoms with van der Waals surface area (Å²) >= 11 is 0. The molecule has 0 aliphatic heterocycles. The van der Waals surface area contributed by atoms with Crippen molar-refractivity contribution in [2.75, 3.05) is 14.2 Å². The van der Waals surface area contributed by atoms with Gasteiger partial charge in [0.2, 0.25) is 10.0 Å². The molecule has 0 fully saturated rings. The van der Waals surface area contributed by atoms with E-state index in [9.17, 15) is 8.42 Å². The van der Waals surface area contributed by atoms with Crippen LogP contribution in [0.4, 0.5) is 0 Å². The number of ether oxygens (including phenoxy) is 2. The molecule has 6 nitrogen and oxygen atoms in total. The first kappa shape index (κ1) is 20.0. The fourth-order valence-electron chi connectivity index (χ4n) is 2.89. The van der Waals surface area contributed by atoms with Gasteiger partial charge in [-0.15, -0.1) is 0 Å². The number of methoxy groups -OCH3 is 2. The Hall–Kier alpha value is -2.77. The molecule has 0 saturated carbocycles. The van der Waals surface area contributed by atoms with E-state index in [0.29, 0.717) is 17.3 Å². The van der Waals surface area contributed by atoms with Crippen molar-refractivity contribution in [3.05, 3.63) is 83.8 Å². The predicted molar refractivity (Wildman–Crippen MR) is 107 cm³/mol. The van der Waals surface area contributed by atoms with Gasteiger partial charge in [-0.1, -0.05) is 36.4 Å². The van der Waals surface area contributed by atoms with Crippen LogP contribution in [0.5, 0.6) is 11.5 Å². The van der Waals surface area contributed by atoms with Gasteiger partial charge in [0.15, 0.2) is 11.5 Å². The maximum Gasteiger partial charge on any atom is 0.219 e. The number of sulfonamides is 1. The van der Waals surface area contributed by atoms with Gasteiger partial charge < -0.3 is 13.9 Å². The molecule has 0 N–H and O–H groups in total. The van der Waals surface area contributed by atoms with Crippen LogP contribution in [0.15, 0.2) is 71.3 Å². The van der Waals surface area contributed by atoms with Crippen molar-refractivity contribution in [1.29, 1.82) is 0 Å². The Morgan fingerprint density at radius 3 is 2.25 bits per heavy atom. The van der Waals surface area contributed by atoms with Crippen LogP contribution >= 0.6 is 0 Å². The van der Waals surface area contributed by atoms with E-state index < -0.39 is 10.0 Å². The van der Waals surface area contributed by atoms with Crippen molar-refractivity contribution in [3.63, 3.8) is 0 Å². The molecule has 0 aliphatic rings. The van der Waals surface area contributed by atoms with Gasteiger partial charge >= 0.3 is 0 Å². The zero-order chi connectivity index (χ0) is 20.0. The standard InChI is InChI=1S/C21H23NO5S/c1-25-20-11-10-18(13-21(20)26-2)14-22(15-19-9-6-12-27-19)28(23,24)16-17-7-4-3-5-8-17/h3-13H,14-16H2,1-2H3. The molecule has 2 aromatic carbocycles. The molecule has 0 atom stereocenters. The fraction of sp³-hybridized carbons (Fsp3) is 0.238. The third-order valence-electron chi connectivity index (χ3n) is 4.30. The van der Waals surface area contributed by atoms with Crippen LogP contribution in [-0.4, -0.2) is 26.9 Å². The molecule has 0 spiro atoms. The molecule has 28 heavy (non-hydrogen) atoms. The minimum Gasteiger partial charge on any atom is -0.493 e. The van der Waals surface area contributed by atoms with Crippen molar-refractivity contribution in [2.45, 2.75) is 18.8 Å². The zero-order valence-corrected chi connectivity index (χ0v) is 16.7. The molecule has 3 aromatic rings. The Labute approximate surface area is 165 Å². The normalized spacial score (nSPS) is 11.5. The first-order valence-corrected chi connectivity index (χ1v) is 10.4. The summed E-state index contributed by atoms with van der Waals surface area (Å²) in [4.78, 5) is 0. The molecule has 0 radical (unpaired) electrons. The average Bonchev–Trinajstić information content (AvgIpc) is 3.21. The minimum atomic E-state index is -3.58. The monoisotopic (exact) mass is 401 g/mol. The highest BCUT2D eigenvalue weighted by molar-refractivity contribution is 7.88. The van der Waals surface area contributed by atoms with Gasteiger partial charge in [-0.05, 0) is 35.4 Å². The van der Waals surface area contributed by atoms with Gasteiger partial charge in [0.25, 0.3) is 0 Å². The van der Waals surface area contributed by atoms with E-state index in [-0.39, 0.29) is 18.8 Å². The maximum atomic E-state index is 13.1. The van der Waals surface area contributed by atoms with Crippen LogP contribution in [0, 0.1) is 0 Å². The third-order valence-corrected chi connectivity index (χ3v) is 6.05. The lowest BCUT2D eigenvalue weighted by molar-refractivity contribution is 0.347. The second-order valence-electron chi connectivity index (χ2n) is 6.28. The maximum absolute atomic E-state index is 13.1. The summed E-state index contributed by atoms with van der Waals surface area (Å²) in [5.74, 6) is 1.65.